The molecule has 1 amide bonds. The van der Waals surface area contributed by atoms with Gasteiger partial charge in [0.25, 0.3) is 0 Å². The van der Waals surface area contributed by atoms with Crippen LogP contribution in [0.15, 0.2) is 0 Å². The highest BCUT2D eigenvalue weighted by molar-refractivity contribution is 5.83. The van der Waals surface area contributed by atoms with Crippen molar-refractivity contribution in [3.05, 3.63) is 0 Å². The third-order valence-electron chi connectivity index (χ3n) is 3.88. The first kappa shape index (κ1) is 9.97. The first-order valence-corrected chi connectivity index (χ1v) is 5.68. The Hall–Kier alpha value is -0.570. The molecule has 3 heteroatoms. The molecule has 2 atom stereocenters. The summed E-state index contributed by atoms with van der Waals surface area (Å²) in [4.78, 5) is 11.2. The van der Waals surface area contributed by atoms with Gasteiger partial charge in [0.1, 0.15) is 0 Å². The molecule has 2 saturated carbocycles. The van der Waals surface area contributed by atoms with E-state index < -0.39 is 0 Å². The van der Waals surface area contributed by atoms with Crippen LogP contribution in [0.5, 0.6) is 0 Å². The number of primary amides is 1. The molecule has 0 heterocycles. The van der Waals surface area contributed by atoms with E-state index in [1.807, 2.05) is 0 Å². The van der Waals surface area contributed by atoms with Crippen LogP contribution in [0.25, 0.3) is 0 Å². The highest BCUT2D eigenvalue weighted by Crippen LogP contribution is 2.52. The van der Waals surface area contributed by atoms with Gasteiger partial charge < -0.3 is 11.5 Å². The Morgan fingerprint density at radius 2 is 2.07 bits per heavy atom. The fraction of sp³-hybridized carbons (Fsp3) is 0.909. The molecule has 3 nitrogen and oxygen atoms in total. The summed E-state index contributed by atoms with van der Waals surface area (Å²) in [5.41, 5.74) is 11.2. The van der Waals surface area contributed by atoms with Crippen molar-refractivity contribution in [3.63, 3.8) is 0 Å². The van der Waals surface area contributed by atoms with Crippen molar-refractivity contribution in [1.29, 1.82) is 0 Å². The summed E-state index contributed by atoms with van der Waals surface area (Å²) >= 11 is 0. The van der Waals surface area contributed by atoms with Gasteiger partial charge in [-0.25, -0.2) is 0 Å². The normalized spacial score (nSPS) is 35.2. The standard InChI is InChI=1S/C11H20N2O/c12-9-3-1-2-8(6-9)7-11(4-5-11)10(13)14/h8-9H,1-7,12H2,(H2,13,14). The molecule has 2 aliphatic carbocycles. The SMILES string of the molecule is NC(=O)C1(CC2CCCC(N)C2)CC1. The lowest BCUT2D eigenvalue weighted by Gasteiger charge is -2.28. The molecule has 0 spiro atoms. The predicted octanol–water partition coefficient (Wildman–Crippen LogP) is 1.16. The monoisotopic (exact) mass is 196 g/mol. The summed E-state index contributed by atoms with van der Waals surface area (Å²) in [5, 5.41) is 0. The van der Waals surface area contributed by atoms with Crippen molar-refractivity contribution >= 4 is 5.91 Å². The number of hydrogen-bond acceptors (Lipinski definition) is 2. The largest absolute Gasteiger partial charge is 0.369 e. The van der Waals surface area contributed by atoms with Crippen molar-refractivity contribution in [3.8, 4) is 0 Å². The van der Waals surface area contributed by atoms with Gasteiger partial charge in [0, 0.05) is 11.5 Å². The van der Waals surface area contributed by atoms with Crippen molar-refractivity contribution < 1.29 is 4.79 Å². The van der Waals surface area contributed by atoms with E-state index in [1.54, 1.807) is 0 Å². The fourth-order valence-corrected chi connectivity index (χ4v) is 2.77. The molecule has 2 fully saturated rings. The quantitative estimate of drug-likeness (QED) is 0.711. The van der Waals surface area contributed by atoms with Crippen molar-refractivity contribution in [2.24, 2.45) is 22.8 Å². The van der Waals surface area contributed by atoms with E-state index in [4.69, 9.17) is 11.5 Å². The lowest BCUT2D eigenvalue weighted by Crippen LogP contribution is -2.32. The number of hydrogen-bond donors (Lipinski definition) is 2. The fourth-order valence-electron chi connectivity index (χ4n) is 2.77. The van der Waals surface area contributed by atoms with Crippen LogP contribution in [0.4, 0.5) is 0 Å². The van der Waals surface area contributed by atoms with Crippen molar-refractivity contribution in [2.75, 3.05) is 0 Å². The summed E-state index contributed by atoms with van der Waals surface area (Å²) in [6.07, 6.45) is 7.72. The summed E-state index contributed by atoms with van der Waals surface area (Å²) in [6.45, 7) is 0. The van der Waals surface area contributed by atoms with Crippen LogP contribution in [-0.4, -0.2) is 11.9 Å². The number of carbonyl (C=O) groups is 1. The van der Waals surface area contributed by atoms with E-state index in [-0.39, 0.29) is 11.3 Å². The average molecular weight is 196 g/mol. The van der Waals surface area contributed by atoms with Crippen molar-refractivity contribution in [2.45, 2.75) is 51.0 Å². The minimum absolute atomic E-state index is 0.0864. The third kappa shape index (κ3) is 1.92. The minimum atomic E-state index is -0.123. The minimum Gasteiger partial charge on any atom is -0.369 e. The van der Waals surface area contributed by atoms with Crippen molar-refractivity contribution in [1.82, 2.24) is 0 Å². The molecule has 0 radical (unpaired) electrons. The summed E-state index contributed by atoms with van der Waals surface area (Å²) in [5.74, 6) is 0.561. The van der Waals surface area contributed by atoms with Gasteiger partial charge in [0.05, 0.1) is 0 Å². The molecule has 0 bridgehead atoms. The molecule has 2 unspecified atom stereocenters. The van der Waals surface area contributed by atoms with E-state index in [0.717, 1.165) is 32.1 Å². The van der Waals surface area contributed by atoms with Crippen LogP contribution in [0.1, 0.15) is 44.9 Å². The highest BCUT2D eigenvalue weighted by atomic mass is 16.1. The molecule has 14 heavy (non-hydrogen) atoms. The van der Waals surface area contributed by atoms with Gasteiger partial charge in [0.15, 0.2) is 0 Å². The van der Waals surface area contributed by atoms with Gasteiger partial charge in [-0.1, -0.05) is 12.8 Å². The molecule has 4 N–H and O–H groups in total. The zero-order valence-electron chi connectivity index (χ0n) is 8.67. The van der Waals surface area contributed by atoms with Gasteiger partial charge in [-0.2, -0.15) is 0 Å². The summed E-state index contributed by atoms with van der Waals surface area (Å²) in [6, 6.07) is 0.359. The smallest absolute Gasteiger partial charge is 0.223 e. The van der Waals surface area contributed by atoms with Crippen LogP contribution >= 0.6 is 0 Å². The van der Waals surface area contributed by atoms with E-state index in [0.29, 0.717) is 12.0 Å². The lowest BCUT2D eigenvalue weighted by molar-refractivity contribution is -0.123. The molecular formula is C11H20N2O. The molecule has 0 aromatic rings. The summed E-state index contributed by atoms with van der Waals surface area (Å²) in [7, 11) is 0. The zero-order chi connectivity index (χ0) is 10.2. The Morgan fingerprint density at radius 3 is 2.57 bits per heavy atom. The van der Waals surface area contributed by atoms with Crippen LogP contribution in [-0.2, 0) is 4.79 Å². The maximum absolute atomic E-state index is 11.2. The molecule has 0 aromatic heterocycles. The molecule has 80 valence electrons. The Bertz CT molecular complexity index is 235. The molecular weight excluding hydrogens is 176 g/mol. The Labute approximate surface area is 85.2 Å². The number of carbonyl (C=O) groups excluding carboxylic acids is 1. The van der Waals surface area contributed by atoms with E-state index in [9.17, 15) is 4.79 Å². The lowest BCUT2D eigenvalue weighted by atomic mass is 9.79. The van der Waals surface area contributed by atoms with E-state index >= 15 is 0 Å². The second-order valence-electron chi connectivity index (χ2n) is 5.14. The van der Waals surface area contributed by atoms with Crippen LogP contribution in [0, 0.1) is 11.3 Å². The van der Waals surface area contributed by atoms with Gasteiger partial charge in [-0.05, 0) is 38.0 Å². The molecule has 2 aliphatic rings. The van der Waals surface area contributed by atoms with Gasteiger partial charge >= 0.3 is 0 Å². The average Bonchev–Trinajstić information content (AvgIpc) is 2.85. The third-order valence-corrected chi connectivity index (χ3v) is 3.88. The van der Waals surface area contributed by atoms with E-state index in [2.05, 4.69) is 0 Å². The first-order valence-electron chi connectivity index (χ1n) is 5.68. The second kappa shape index (κ2) is 3.54. The molecule has 0 aliphatic heterocycles. The Balaban J connectivity index is 1.88. The molecule has 0 saturated heterocycles. The Kier molecular flexibility index (Phi) is 2.52. The van der Waals surface area contributed by atoms with Crippen LogP contribution < -0.4 is 11.5 Å². The molecule has 0 aromatic carbocycles. The highest BCUT2D eigenvalue weighted by Gasteiger charge is 2.49. The molecule has 2 rings (SSSR count). The zero-order valence-corrected chi connectivity index (χ0v) is 8.67. The van der Waals surface area contributed by atoms with Crippen LogP contribution in [0.2, 0.25) is 0 Å². The van der Waals surface area contributed by atoms with E-state index in [1.165, 1.54) is 12.8 Å². The predicted molar refractivity (Wildman–Crippen MR) is 55.4 cm³/mol. The second-order valence-corrected chi connectivity index (χ2v) is 5.14. The summed E-state index contributed by atoms with van der Waals surface area (Å²) < 4.78 is 0. The number of nitrogens with two attached hydrogens (primary N) is 2. The topological polar surface area (TPSA) is 69.1 Å². The first-order chi connectivity index (χ1) is 6.62. The number of amides is 1. The van der Waals surface area contributed by atoms with Crippen LogP contribution in [0.3, 0.4) is 0 Å². The van der Waals surface area contributed by atoms with Gasteiger partial charge in [0.2, 0.25) is 5.91 Å². The number of rotatable bonds is 3. The van der Waals surface area contributed by atoms with Gasteiger partial charge in [-0.3, -0.25) is 4.79 Å². The maximum Gasteiger partial charge on any atom is 0.223 e. The van der Waals surface area contributed by atoms with Gasteiger partial charge in [-0.15, -0.1) is 0 Å². The Morgan fingerprint density at radius 1 is 1.36 bits per heavy atom. The maximum atomic E-state index is 11.2.